The largest absolute Gasteiger partial charge is 0.420 e. The van der Waals surface area contributed by atoms with Crippen molar-refractivity contribution in [3.8, 4) is 5.75 Å². The molecule has 1 aromatic heterocycles. The van der Waals surface area contributed by atoms with Gasteiger partial charge in [0, 0.05) is 17.5 Å². The number of nitrogens with one attached hydrogen (secondary N) is 2. The molecule has 4 aromatic rings. The topological polar surface area (TPSA) is 147 Å². The van der Waals surface area contributed by atoms with E-state index in [1.165, 1.54) is 29.2 Å². The van der Waals surface area contributed by atoms with Crippen LogP contribution >= 0.6 is 0 Å². The lowest BCUT2D eigenvalue weighted by Gasteiger charge is -2.24. The summed E-state index contributed by atoms with van der Waals surface area (Å²) in [6.45, 7) is 6.46. The fourth-order valence-corrected chi connectivity index (χ4v) is 4.28. The highest BCUT2D eigenvalue weighted by molar-refractivity contribution is 7.90. The van der Waals surface area contributed by atoms with Crippen molar-refractivity contribution >= 4 is 33.5 Å². The van der Waals surface area contributed by atoms with Crippen LogP contribution in [0, 0.1) is 0 Å². The molecular weight excluding hydrogens is 520 g/mol. The van der Waals surface area contributed by atoms with Gasteiger partial charge in [-0.2, -0.15) is 5.21 Å². The van der Waals surface area contributed by atoms with Crippen molar-refractivity contribution in [2.45, 2.75) is 37.6 Å². The number of anilines is 2. The maximum atomic E-state index is 13.3. The van der Waals surface area contributed by atoms with Crippen molar-refractivity contribution in [3.63, 3.8) is 0 Å². The number of tetrazole rings is 1. The van der Waals surface area contributed by atoms with Crippen molar-refractivity contribution in [3.05, 3.63) is 89.5 Å². The highest BCUT2D eigenvalue weighted by atomic mass is 32.2. The Kier molecular flexibility index (Phi) is 7.77. The number of hydrogen-bond acceptors (Lipinski definition) is 8. The van der Waals surface area contributed by atoms with E-state index < -0.39 is 21.8 Å². The lowest BCUT2D eigenvalue weighted by molar-refractivity contribution is 0.102. The molecule has 0 aliphatic carbocycles. The summed E-state index contributed by atoms with van der Waals surface area (Å²) in [5.74, 6) is -0.145. The zero-order valence-electron chi connectivity index (χ0n) is 21.9. The van der Waals surface area contributed by atoms with E-state index in [2.05, 4.69) is 46.7 Å². The van der Waals surface area contributed by atoms with Gasteiger partial charge in [0.25, 0.3) is 11.9 Å². The van der Waals surface area contributed by atoms with Gasteiger partial charge in [0.15, 0.2) is 9.84 Å². The molecule has 12 heteroatoms. The number of nitrogens with zero attached hydrogens (tertiary/aromatic N) is 4. The first-order valence-corrected chi connectivity index (χ1v) is 13.8. The Morgan fingerprint density at radius 2 is 1.59 bits per heavy atom. The molecule has 0 aliphatic rings. The monoisotopic (exact) mass is 548 g/mol. The number of benzene rings is 3. The van der Waals surface area contributed by atoms with E-state index in [0.717, 1.165) is 17.4 Å². The summed E-state index contributed by atoms with van der Waals surface area (Å²) < 4.78 is 29.1. The predicted octanol–water partition coefficient (Wildman–Crippen LogP) is 4.36. The van der Waals surface area contributed by atoms with E-state index in [1.807, 2.05) is 24.3 Å². The van der Waals surface area contributed by atoms with Gasteiger partial charge >= 0.3 is 6.09 Å². The molecule has 1 heterocycles. The van der Waals surface area contributed by atoms with Crippen LogP contribution in [-0.2, 0) is 21.8 Å². The Morgan fingerprint density at radius 3 is 2.13 bits per heavy atom. The standard InChI is InChI=1S/C27H28N6O5S/c1-27(2,3)20-9-11-21(12-10-20)33(26(35)38-22-13-15-23(16-14-22)39(4,36)37)17-18-5-7-19(8-6-18)24(34)28-25-29-31-32-30-25/h5-16H,17H2,1-4H3,(H2,28,29,30,31,32,34). The molecule has 0 radical (unpaired) electrons. The molecule has 202 valence electrons. The van der Waals surface area contributed by atoms with Crippen LogP contribution < -0.4 is 15.0 Å². The van der Waals surface area contributed by atoms with Crippen molar-refractivity contribution < 1.29 is 22.7 Å². The predicted molar refractivity (Wildman–Crippen MR) is 145 cm³/mol. The number of carbonyl (C=O) groups is 2. The van der Waals surface area contributed by atoms with Crippen LogP contribution in [-0.4, -0.2) is 47.3 Å². The number of sulfone groups is 1. The van der Waals surface area contributed by atoms with Gasteiger partial charge in [-0.15, -0.1) is 5.10 Å². The van der Waals surface area contributed by atoms with Crippen molar-refractivity contribution in [1.82, 2.24) is 20.6 Å². The average Bonchev–Trinajstić information content (AvgIpc) is 3.40. The molecule has 0 aliphatic heterocycles. The van der Waals surface area contributed by atoms with E-state index in [9.17, 15) is 18.0 Å². The quantitative estimate of drug-likeness (QED) is 0.346. The third-order valence-corrected chi connectivity index (χ3v) is 6.98. The smallest absolute Gasteiger partial charge is 0.410 e. The Hall–Kier alpha value is -4.58. The second-order valence-electron chi connectivity index (χ2n) is 9.88. The average molecular weight is 549 g/mol. The maximum absolute atomic E-state index is 13.3. The van der Waals surface area contributed by atoms with Crippen LogP contribution in [0.4, 0.5) is 16.4 Å². The molecule has 3 aromatic carbocycles. The number of aromatic nitrogens is 4. The zero-order valence-corrected chi connectivity index (χ0v) is 22.7. The molecule has 2 N–H and O–H groups in total. The SMILES string of the molecule is CC(C)(C)c1ccc(N(Cc2ccc(C(=O)Nc3nn[nH]n3)cc2)C(=O)Oc2ccc(S(C)(=O)=O)cc2)cc1. The van der Waals surface area contributed by atoms with Gasteiger partial charge in [-0.05, 0) is 70.3 Å². The van der Waals surface area contributed by atoms with E-state index >= 15 is 0 Å². The lowest BCUT2D eigenvalue weighted by atomic mass is 9.87. The molecule has 0 spiro atoms. The molecule has 0 unspecified atom stereocenters. The molecular formula is C27H28N6O5S. The van der Waals surface area contributed by atoms with Crippen molar-refractivity contribution in [1.29, 1.82) is 0 Å². The minimum Gasteiger partial charge on any atom is -0.410 e. The van der Waals surface area contributed by atoms with Crippen LogP contribution in [0.25, 0.3) is 0 Å². The normalized spacial score (nSPS) is 11.6. The first kappa shape index (κ1) is 27.5. The summed E-state index contributed by atoms with van der Waals surface area (Å²) >= 11 is 0. The molecule has 0 bridgehead atoms. The minimum atomic E-state index is -3.38. The summed E-state index contributed by atoms with van der Waals surface area (Å²) in [7, 11) is -3.38. The highest BCUT2D eigenvalue weighted by Gasteiger charge is 2.21. The van der Waals surface area contributed by atoms with Crippen molar-refractivity contribution in [2.24, 2.45) is 0 Å². The Balaban J connectivity index is 1.56. The summed E-state index contributed by atoms with van der Waals surface area (Å²) in [6, 6.07) is 20.0. The zero-order chi connectivity index (χ0) is 28.2. The first-order valence-electron chi connectivity index (χ1n) is 11.9. The molecule has 0 saturated heterocycles. The van der Waals surface area contributed by atoms with Gasteiger partial charge < -0.3 is 4.74 Å². The van der Waals surface area contributed by atoms with Gasteiger partial charge in [-0.1, -0.05) is 50.1 Å². The van der Waals surface area contributed by atoms with Crippen LogP contribution in [0.3, 0.4) is 0 Å². The van der Waals surface area contributed by atoms with Crippen LogP contribution in [0.2, 0.25) is 0 Å². The highest BCUT2D eigenvalue weighted by Crippen LogP contribution is 2.27. The van der Waals surface area contributed by atoms with Gasteiger partial charge in [0.2, 0.25) is 0 Å². The first-order chi connectivity index (χ1) is 18.4. The third kappa shape index (κ3) is 7.05. The number of H-pyrrole nitrogens is 1. The van der Waals surface area contributed by atoms with Gasteiger partial charge in [0.1, 0.15) is 5.75 Å². The van der Waals surface area contributed by atoms with Gasteiger partial charge in [-0.3, -0.25) is 15.0 Å². The third-order valence-electron chi connectivity index (χ3n) is 5.85. The molecule has 0 fully saturated rings. The number of aromatic amines is 1. The number of amides is 2. The number of carbonyl (C=O) groups excluding carboxylic acids is 2. The van der Waals surface area contributed by atoms with Crippen LogP contribution in [0.5, 0.6) is 5.75 Å². The minimum absolute atomic E-state index is 0.0567. The van der Waals surface area contributed by atoms with Crippen LogP contribution in [0.1, 0.15) is 42.3 Å². The molecule has 0 saturated carbocycles. The van der Waals surface area contributed by atoms with Crippen LogP contribution in [0.15, 0.2) is 77.7 Å². The summed E-state index contributed by atoms with van der Waals surface area (Å²) in [5, 5.41) is 15.6. The fraction of sp³-hybridized carbons (Fsp3) is 0.222. The van der Waals surface area contributed by atoms with Gasteiger partial charge in [-0.25, -0.2) is 13.2 Å². The molecule has 0 atom stereocenters. The van der Waals surface area contributed by atoms with Crippen molar-refractivity contribution in [2.75, 3.05) is 16.5 Å². The Labute approximate surface area is 226 Å². The fourth-order valence-electron chi connectivity index (χ4n) is 3.65. The maximum Gasteiger partial charge on any atom is 0.420 e. The number of ether oxygens (including phenoxy) is 1. The second kappa shape index (κ2) is 11.0. The van der Waals surface area contributed by atoms with E-state index in [1.54, 1.807) is 24.3 Å². The van der Waals surface area contributed by atoms with E-state index in [0.29, 0.717) is 11.3 Å². The molecule has 2 amide bonds. The Morgan fingerprint density at radius 1 is 0.949 bits per heavy atom. The summed E-state index contributed by atoms with van der Waals surface area (Å²) in [6.07, 6.45) is 0.460. The molecule has 4 rings (SSSR count). The summed E-state index contributed by atoms with van der Waals surface area (Å²) in [4.78, 5) is 27.3. The number of hydrogen-bond donors (Lipinski definition) is 2. The Bertz CT molecular complexity index is 1550. The molecule has 39 heavy (non-hydrogen) atoms. The number of rotatable bonds is 7. The van der Waals surface area contributed by atoms with E-state index in [-0.39, 0.29) is 28.6 Å². The van der Waals surface area contributed by atoms with E-state index in [4.69, 9.17) is 4.74 Å². The summed E-state index contributed by atoms with van der Waals surface area (Å²) in [5.41, 5.74) is 2.77. The van der Waals surface area contributed by atoms with Gasteiger partial charge in [0.05, 0.1) is 11.4 Å². The molecule has 11 nitrogen and oxygen atoms in total. The lowest BCUT2D eigenvalue weighted by Crippen LogP contribution is -2.33. The second-order valence-corrected chi connectivity index (χ2v) is 11.9.